The van der Waals surface area contributed by atoms with Crippen molar-refractivity contribution >= 4 is 23.1 Å². The summed E-state index contributed by atoms with van der Waals surface area (Å²) in [5.74, 6) is -0.417. The van der Waals surface area contributed by atoms with Crippen LogP contribution in [0.1, 0.15) is 67.2 Å². The molecule has 0 aromatic heterocycles. The molecule has 0 aliphatic carbocycles. The largest absolute Gasteiger partial charge is 0.518 e. The van der Waals surface area contributed by atoms with Gasteiger partial charge in [-0.2, -0.15) is 0 Å². The van der Waals surface area contributed by atoms with Gasteiger partial charge in [-0.05, 0) is 17.1 Å². The highest BCUT2D eigenvalue weighted by Gasteiger charge is 2.49. The van der Waals surface area contributed by atoms with Gasteiger partial charge < -0.3 is 17.7 Å². The molecule has 5 nitrogen and oxygen atoms in total. The predicted octanol–water partition coefficient (Wildman–Crippen LogP) is 5.39. The summed E-state index contributed by atoms with van der Waals surface area (Å²) < 4.78 is 22.9. The van der Waals surface area contributed by atoms with Gasteiger partial charge in [0, 0.05) is 27.4 Å². The first-order chi connectivity index (χ1) is 12.2. The van der Waals surface area contributed by atoms with E-state index in [0.29, 0.717) is 17.1 Å². The van der Waals surface area contributed by atoms with Crippen LogP contribution in [0.15, 0.2) is 0 Å². The van der Waals surface area contributed by atoms with Gasteiger partial charge in [0.2, 0.25) is 0 Å². The first-order valence-corrected chi connectivity index (χ1v) is 14.3. The Morgan fingerprint density at radius 1 is 0.885 bits per heavy atom. The predicted molar refractivity (Wildman–Crippen MR) is 112 cm³/mol. The van der Waals surface area contributed by atoms with Gasteiger partial charge in [0.05, 0.1) is 5.92 Å². The monoisotopic (exact) mass is 406 g/mol. The van der Waals surface area contributed by atoms with E-state index in [0.717, 1.165) is 31.7 Å². The molecule has 0 rings (SSSR count). The van der Waals surface area contributed by atoms with Crippen LogP contribution in [0, 0.1) is 5.92 Å². The third-order valence-electron chi connectivity index (χ3n) is 6.00. The fourth-order valence-corrected chi connectivity index (χ4v) is 10.9. The van der Waals surface area contributed by atoms with Gasteiger partial charge in [-0.1, -0.05) is 67.2 Å². The standard InChI is InChI=1S/C19H42O5Si2/c1-10-13-14-25(17(5)11-2,18(6)12-3)24-19(20)16(4)15-26(21-7,22-8)23-9/h16-18H,10-15H2,1-9H3. The third kappa shape index (κ3) is 6.44. The SMILES string of the molecule is CCCC[Si](OC(=O)C(C)C[Si](OC)(OC)OC)(C(C)CC)C(C)CC. The van der Waals surface area contributed by atoms with E-state index in [9.17, 15) is 4.79 Å². The minimum atomic E-state index is -2.80. The molecule has 0 amide bonds. The van der Waals surface area contributed by atoms with E-state index in [1.165, 1.54) is 0 Å². The number of hydrogen-bond acceptors (Lipinski definition) is 5. The average Bonchev–Trinajstić information content (AvgIpc) is 2.67. The van der Waals surface area contributed by atoms with Gasteiger partial charge in [-0.25, -0.2) is 0 Å². The summed E-state index contributed by atoms with van der Waals surface area (Å²) in [6, 6.07) is 1.49. The number of unbranched alkanes of at least 4 members (excludes halogenated alkanes) is 1. The molecule has 0 saturated heterocycles. The summed E-state index contributed by atoms with van der Waals surface area (Å²) in [5.41, 5.74) is 0.906. The van der Waals surface area contributed by atoms with Crippen molar-refractivity contribution in [2.24, 2.45) is 5.92 Å². The van der Waals surface area contributed by atoms with E-state index in [-0.39, 0.29) is 11.9 Å². The number of carbonyl (C=O) groups excluding carboxylic acids is 1. The van der Waals surface area contributed by atoms with Crippen molar-refractivity contribution in [2.45, 2.75) is 90.4 Å². The van der Waals surface area contributed by atoms with Crippen molar-refractivity contribution in [1.82, 2.24) is 0 Å². The van der Waals surface area contributed by atoms with Crippen LogP contribution in [0.3, 0.4) is 0 Å². The maximum absolute atomic E-state index is 13.1. The van der Waals surface area contributed by atoms with Gasteiger partial charge >= 0.3 is 8.80 Å². The van der Waals surface area contributed by atoms with Gasteiger partial charge in [-0.3, -0.25) is 4.79 Å². The zero-order valence-electron chi connectivity index (χ0n) is 18.5. The second kappa shape index (κ2) is 12.3. The molecule has 3 atom stereocenters. The molecule has 0 N–H and O–H groups in total. The summed E-state index contributed by atoms with van der Waals surface area (Å²) in [6.07, 6.45) is 4.35. The van der Waals surface area contributed by atoms with Crippen molar-refractivity contribution in [3.05, 3.63) is 0 Å². The number of rotatable bonds is 14. The third-order valence-corrected chi connectivity index (χ3v) is 14.8. The van der Waals surface area contributed by atoms with Gasteiger partial charge in [-0.15, -0.1) is 0 Å². The Kier molecular flexibility index (Phi) is 12.2. The molecule has 26 heavy (non-hydrogen) atoms. The molecule has 0 bridgehead atoms. The topological polar surface area (TPSA) is 54.0 Å². The summed E-state index contributed by atoms with van der Waals surface area (Å²) in [4.78, 5) is 13.1. The van der Waals surface area contributed by atoms with Gasteiger partial charge in [0.25, 0.3) is 14.3 Å². The number of carbonyl (C=O) groups is 1. The quantitative estimate of drug-likeness (QED) is 0.362. The van der Waals surface area contributed by atoms with Crippen molar-refractivity contribution in [1.29, 1.82) is 0 Å². The van der Waals surface area contributed by atoms with E-state index in [1.54, 1.807) is 21.3 Å². The molecule has 3 unspecified atom stereocenters. The Balaban J connectivity index is 5.50. The first kappa shape index (κ1) is 25.8. The maximum Gasteiger partial charge on any atom is 0.501 e. The molecule has 0 radical (unpaired) electrons. The highest BCUT2D eigenvalue weighted by Crippen LogP contribution is 2.42. The summed E-state index contributed by atoms with van der Waals surface area (Å²) in [7, 11) is -0.274. The van der Waals surface area contributed by atoms with E-state index >= 15 is 0 Å². The molecule has 0 spiro atoms. The van der Waals surface area contributed by atoms with Crippen LogP contribution in [0.4, 0.5) is 0 Å². The van der Waals surface area contributed by atoms with Crippen LogP contribution in [0.25, 0.3) is 0 Å². The van der Waals surface area contributed by atoms with Gasteiger partial charge in [0.1, 0.15) is 0 Å². The number of hydrogen-bond donors (Lipinski definition) is 0. The van der Waals surface area contributed by atoms with Crippen molar-refractivity contribution in [2.75, 3.05) is 21.3 Å². The van der Waals surface area contributed by atoms with Gasteiger partial charge in [0.15, 0.2) is 0 Å². The first-order valence-electron chi connectivity index (χ1n) is 10.1. The van der Waals surface area contributed by atoms with Crippen LogP contribution in [-0.2, 0) is 22.5 Å². The molecule has 0 fully saturated rings. The fraction of sp³-hybridized carbons (Fsp3) is 0.947. The van der Waals surface area contributed by atoms with E-state index in [2.05, 4.69) is 34.6 Å². The molecule has 0 saturated carbocycles. The van der Waals surface area contributed by atoms with E-state index < -0.39 is 17.1 Å². The second-order valence-corrected chi connectivity index (χ2v) is 15.1. The lowest BCUT2D eigenvalue weighted by atomic mass is 10.2. The average molecular weight is 407 g/mol. The zero-order chi connectivity index (χ0) is 20.4. The van der Waals surface area contributed by atoms with Crippen molar-refractivity contribution in [3.63, 3.8) is 0 Å². The van der Waals surface area contributed by atoms with Crippen molar-refractivity contribution in [3.8, 4) is 0 Å². The molecule has 0 aromatic rings. The lowest BCUT2D eigenvalue weighted by Crippen LogP contribution is -2.50. The summed E-state index contributed by atoms with van der Waals surface area (Å²) in [6.45, 7) is 13.0. The van der Waals surface area contributed by atoms with E-state index in [1.807, 2.05) is 6.92 Å². The Bertz CT molecular complexity index is 383. The molecule has 0 aliphatic heterocycles. The summed E-state index contributed by atoms with van der Waals surface area (Å²) >= 11 is 0. The molecule has 156 valence electrons. The Hall–Kier alpha value is -0.216. The highest BCUT2D eigenvalue weighted by molar-refractivity contribution is 6.77. The minimum Gasteiger partial charge on any atom is -0.518 e. The van der Waals surface area contributed by atoms with E-state index in [4.69, 9.17) is 17.7 Å². The lowest BCUT2D eigenvalue weighted by molar-refractivity contribution is -0.139. The summed E-state index contributed by atoms with van der Waals surface area (Å²) in [5, 5.41) is 0. The van der Waals surface area contributed by atoms with Crippen LogP contribution in [0.5, 0.6) is 0 Å². The molecule has 7 heteroatoms. The van der Waals surface area contributed by atoms with Crippen LogP contribution < -0.4 is 0 Å². The maximum atomic E-state index is 13.1. The lowest BCUT2D eigenvalue weighted by Gasteiger charge is -2.41. The Labute approximate surface area is 163 Å². The molecule has 0 aromatic carbocycles. The molecule has 0 aliphatic rings. The van der Waals surface area contributed by atoms with Crippen LogP contribution in [0.2, 0.25) is 23.2 Å². The molecular weight excluding hydrogens is 364 g/mol. The van der Waals surface area contributed by atoms with Crippen LogP contribution in [-0.4, -0.2) is 44.4 Å². The Morgan fingerprint density at radius 2 is 1.35 bits per heavy atom. The molecule has 0 heterocycles. The fourth-order valence-electron chi connectivity index (χ4n) is 3.62. The normalized spacial score (nSPS) is 18.0. The highest BCUT2D eigenvalue weighted by atomic mass is 28.4. The smallest absolute Gasteiger partial charge is 0.501 e. The van der Waals surface area contributed by atoms with Crippen LogP contribution >= 0.6 is 0 Å². The minimum absolute atomic E-state index is 0.114. The van der Waals surface area contributed by atoms with Crippen molar-refractivity contribution < 1.29 is 22.5 Å². The Morgan fingerprint density at radius 3 is 1.69 bits per heavy atom. The molecular formula is C19H42O5Si2. The zero-order valence-corrected chi connectivity index (χ0v) is 20.5. The second-order valence-electron chi connectivity index (χ2n) is 7.50.